The molecule has 0 aromatic heterocycles. The molecule has 5 heteroatoms. The summed E-state index contributed by atoms with van der Waals surface area (Å²) in [6, 6.07) is 0. The summed E-state index contributed by atoms with van der Waals surface area (Å²) in [6.45, 7) is 3.31. The van der Waals surface area contributed by atoms with Crippen LogP contribution in [0.4, 0.5) is 0 Å². The van der Waals surface area contributed by atoms with Gasteiger partial charge in [-0.05, 0) is 5.92 Å². The van der Waals surface area contributed by atoms with Crippen LogP contribution in [0.2, 0.25) is 0 Å². The molecule has 1 aliphatic heterocycles. The molecule has 1 heterocycles. The van der Waals surface area contributed by atoms with Gasteiger partial charge < -0.3 is 25.2 Å². The zero-order valence-electron chi connectivity index (χ0n) is 8.37. The molecule has 5 atom stereocenters. The second kappa shape index (κ2) is 4.55. The van der Waals surface area contributed by atoms with Crippen LogP contribution >= 0.6 is 0 Å². The lowest BCUT2D eigenvalue weighted by Crippen LogP contribution is -2.59. The maximum Gasteiger partial charge on any atom is 0.111 e. The van der Waals surface area contributed by atoms with E-state index in [1.807, 2.05) is 13.8 Å². The van der Waals surface area contributed by atoms with Crippen LogP contribution < -0.4 is 0 Å². The van der Waals surface area contributed by atoms with Gasteiger partial charge in [-0.15, -0.1) is 0 Å². The van der Waals surface area contributed by atoms with Gasteiger partial charge in [-0.1, -0.05) is 13.8 Å². The molecule has 5 nitrogen and oxygen atoms in total. The Morgan fingerprint density at radius 2 is 1.64 bits per heavy atom. The fraction of sp³-hybridized carbons (Fsp3) is 1.00. The first-order valence-corrected chi connectivity index (χ1v) is 4.79. The number of ether oxygens (including phenoxy) is 1. The number of hydrogen-bond acceptors (Lipinski definition) is 5. The molecule has 1 saturated heterocycles. The van der Waals surface area contributed by atoms with Crippen LogP contribution in [0.15, 0.2) is 0 Å². The average molecular weight is 206 g/mol. The predicted molar refractivity (Wildman–Crippen MR) is 48.6 cm³/mol. The van der Waals surface area contributed by atoms with E-state index in [4.69, 9.17) is 9.84 Å². The molecule has 0 aliphatic carbocycles. The highest BCUT2D eigenvalue weighted by Gasteiger charge is 2.44. The maximum absolute atomic E-state index is 9.57. The van der Waals surface area contributed by atoms with Crippen molar-refractivity contribution < 1.29 is 25.2 Å². The van der Waals surface area contributed by atoms with Crippen molar-refractivity contribution in [2.75, 3.05) is 6.61 Å². The minimum atomic E-state index is -1.26. The number of aliphatic hydroxyl groups excluding tert-OH is 4. The largest absolute Gasteiger partial charge is 0.394 e. The Morgan fingerprint density at radius 1 is 1.07 bits per heavy atom. The Balaban J connectivity index is 2.73. The number of aliphatic hydroxyl groups is 4. The lowest BCUT2D eigenvalue weighted by Gasteiger charge is -2.41. The number of hydrogen-bond donors (Lipinski definition) is 4. The molecule has 0 saturated carbocycles. The summed E-state index contributed by atoms with van der Waals surface area (Å²) in [5.41, 5.74) is 0. The zero-order valence-corrected chi connectivity index (χ0v) is 8.37. The summed E-state index contributed by atoms with van der Waals surface area (Å²) in [5.74, 6) is 0.0150. The Kier molecular flexibility index (Phi) is 3.86. The minimum Gasteiger partial charge on any atom is -0.394 e. The molecule has 2 unspecified atom stereocenters. The fourth-order valence-electron chi connectivity index (χ4n) is 1.68. The van der Waals surface area contributed by atoms with Crippen molar-refractivity contribution in [3.05, 3.63) is 0 Å². The van der Waals surface area contributed by atoms with Gasteiger partial charge in [0, 0.05) is 0 Å². The minimum absolute atomic E-state index is 0.0150. The molecule has 1 fully saturated rings. The third-order valence-corrected chi connectivity index (χ3v) is 2.59. The Hall–Kier alpha value is -0.200. The van der Waals surface area contributed by atoms with Gasteiger partial charge in [0.25, 0.3) is 0 Å². The monoisotopic (exact) mass is 206 g/mol. The van der Waals surface area contributed by atoms with E-state index in [2.05, 4.69) is 0 Å². The molecular formula is C9H18O5. The molecular weight excluding hydrogens is 188 g/mol. The van der Waals surface area contributed by atoms with Crippen molar-refractivity contribution in [2.45, 2.75) is 44.4 Å². The first kappa shape index (κ1) is 11.9. The van der Waals surface area contributed by atoms with Gasteiger partial charge >= 0.3 is 0 Å². The molecule has 0 spiro atoms. The lowest BCUT2D eigenvalue weighted by atomic mass is 9.90. The highest BCUT2D eigenvalue weighted by molar-refractivity contribution is 4.92. The first-order chi connectivity index (χ1) is 6.49. The lowest BCUT2D eigenvalue weighted by molar-refractivity contribution is -0.238. The quantitative estimate of drug-likeness (QED) is 0.441. The molecule has 0 aromatic rings. The summed E-state index contributed by atoms with van der Waals surface area (Å²) < 4.78 is 5.28. The van der Waals surface area contributed by atoms with Crippen LogP contribution in [0.1, 0.15) is 13.8 Å². The van der Waals surface area contributed by atoms with E-state index in [-0.39, 0.29) is 12.5 Å². The molecule has 0 bridgehead atoms. The van der Waals surface area contributed by atoms with Crippen molar-refractivity contribution in [2.24, 2.45) is 5.92 Å². The standard InChI is InChI=1S/C9H18O5/c1-4(2)9-8(13)7(12)6(11)5(3-10)14-9/h4-13H,3H2,1-2H3/t5?,6-,7-,8?,9-/m1/s1. The summed E-state index contributed by atoms with van der Waals surface area (Å²) in [7, 11) is 0. The molecule has 1 rings (SSSR count). The normalized spacial score (nSPS) is 44.4. The van der Waals surface area contributed by atoms with Crippen molar-refractivity contribution >= 4 is 0 Å². The summed E-state index contributed by atoms with van der Waals surface area (Å²) in [6.07, 6.45) is -4.96. The van der Waals surface area contributed by atoms with Gasteiger partial charge in [0.2, 0.25) is 0 Å². The van der Waals surface area contributed by atoms with Crippen molar-refractivity contribution in [3.63, 3.8) is 0 Å². The Labute approximate surface area is 82.9 Å². The van der Waals surface area contributed by atoms with Gasteiger partial charge in [-0.25, -0.2) is 0 Å². The van der Waals surface area contributed by atoms with Gasteiger partial charge in [0.05, 0.1) is 12.7 Å². The topological polar surface area (TPSA) is 90.2 Å². The molecule has 4 N–H and O–H groups in total. The molecule has 0 aromatic carbocycles. The van der Waals surface area contributed by atoms with Gasteiger partial charge in [-0.3, -0.25) is 0 Å². The second-order valence-corrected chi connectivity index (χ2v) is 4.04. The molecule has 84 valence electrons. The second-order valence-electron chi connectivity index (χ2n) is 4.04. The smallest absolute Gasteiger partial charge is 0.111 e. The van der Waals surface area contributed by atoms with E-state index in [0.29, 0.717) is 0 Å². The van der Waals surface area contributed by atoms with E-state index < -0.39 is 30.5 Å². The highest BCUT2D eigenvalue weighted by atomic mass is 16.5. The van der Waals surface area contributed by atoms with E-state index in [9.17, 15) is 15.3 Å². The molecule has 0 radical (unpaired) electrons. The summed E-state index contributed by atoms with van der Waals surface area (Å²) in [4.78, 5) is 0. The van der Waals surface area contributed by atoms with E-state index >= 15 is 0 Å². The first-order valence-electron chi connectivity index (χ1n) is 4.79. The van der Waals surface area contributed by atoms with E-state index in [1.165, 1.54) is 0 Å². The highest BCUT2D eigenvalue weighted by Crippen LogP contribution is 2.25. The fourth-order valence-corrected chi connectivity index (χ4v) is 1.68. The zero-order chi connectivity index (χ0) is 10.9. The van der Waals surface area contributed by atoms with Crippen LogP contribution in [0, 0.1) is 5.92 Å². The van der Waals surface area contributed by atoms with Crippen molar-refractivity contribution in [1.82, 2.24) is 0 Å². The van der Waals surface area contributed by atoms with Gasteiger partial charge in [0.15, 0.2) is 0 Å². The van der Waals surface area contributed by atoms with Crippen LogP contribution in [0.25, 0.3) is 0 Å². The SMILES string of the molecule is CC(C)[C@H]1OC(CO)[C@@H](O)[C@@H](O)C1O. The summed E-state index contributed by atoms with van der Waals surface area (Å²) in [5, 5.41) is 37.4. The number of rotatable bonds is 2. The Morgan fingerprint density at radius 3 is 2.07 bits per heavy atom. The van der Waals surface area contributed by atoms with Crippen LogP contribution in [-0.2, 0) is 4.74 Å². The third-order valence-electron chi connectivity index (χ3n) is 2.59. The maximum atomic E-state index is 9.57. The van der Waals surface area contributed by atoms with E-state index in [0.717, 1.165) is 0 Å². The molecule has 1 aliphatic rings. The van der Waals surface area contributed by atoms with Crippen molar-refractivity contribution in [1.29, 1.82) is 0 Å². The van der Waals surface area contributed by atoms with Crippen LogP contribution in [0.5, 0.6) is 0 Å². The van der Waals surface area contributed by atoms with Gasteiger partial charge in [-0.2, -0.15) is 0 Å². The van der Waals surface area contributed by atoms with Crippen molar-refractivity contribution in [3.8, 4) is 0 Å². The molecule has 14 heavy (non-hydrogen) atoms. The third kappa shape index (κ3) is 2.07. The van der Waals surface area contributed by atoms with E-state index in [1.54, 1.807) is 0 Å². The Bertz CT molecular complexity index is 182. The van der Waals surface area contributed by atoms with Gasteiger partial charge in [0.1, 0.15) is 24.4 Å². The predicted octanol–water partition coefficient (Wildman–Crippen LogP) is -1.52. The van der Waals surface area contributed by atoms with Crippen LogP contribution in [-0.4, -0.2) is 57.6 Å². The summed E-state index contributed by atoms with van der Waals surface area (Å²) >= 11 is 0. The molecule has 0 amide bonds. The van der Waals surface area contributed by atoms with Crippen LogP contribution in [0.3, 0.4) is 0 Å². The average Bonchev–Trinajstić information content (AvgIpc) is 2.14.